The molecule has 0 saturated carbocycles. The van der Waals surface area contributed by atoms with Gasteiger partial charge in [-0.05, 0) is 63.5 Å². The van der Waals surface area contributed by atoms with Gasteiger partial charge in [0.1, 0.15) is 4.90 Å². The molecule has 0 bridgehead atoms. The van der Waals surface area contributed by atoms with Gasteiger partial charge in [-0.1, -0.05) is 0 Å². The normalized spacial score (nSPS) is 20.3. The number of likely N-dealkylation sites (tertiary alicyclic amines) is 1. The average molecular weight is 311 g/mol. The molecule has 1 aromatic rings. The second-order valence-corrected chi connectivity index (χ2v) is 8.05. The van der Waals surface area contributed by atoms with E-state index in [0.29, 0.717) is 12.2 Å². The largest absolute Gasteiger partial charge is 0.398 e. The number of nitrogens with two attached hydrogens (primary N) is 1. The van der Waals surface area contributed by atoms with Crippen LogP contribution in [0.1, 0.15) is 24.0 Å². The molecule has 0 spiro atoms. The van der Waals surface area contributed by atoms with Gasteiger partial charge in [-0.3, -0.25) is 0 Å². The summed E-state index contributed by atoms with van der Waals surface area (Å²) in [4.78, 5) is 2.43. The zero-order valence-corrected chi connectivity index (χ0v) is 14.1. The third kappa shape index (κ3) is 3.22. The predicted octanol–water partition coefficient (Wildman–Crippen LogP) is 1.60. The lowest BCUT2D eigenvalue weighted by atomic mass is 10.1. The predicted molar refractivity (Wildman–Crippen MR) is 85.8 cm³/mol. The summed E-state index contributed by atoms with van der Waals surface area (Å²) in [7, 11) is 0.141. The van der Waals surface area contributed by atoms with Gasteiger partial charge < -0.3 is 10.6 Å². The molecule has 0 aromatic heterocycles. The molecule has 21 heavy (non-hydrogen) atoms. The van der Waals surface area contributed by atoms with E-state index in [9.17, 15) is 8.42 Å². The molecule has 118 valence electrons. The first kappa shape index (κ1) is 16.3. The third-order valence-corrected chi connectivity index (χ3v) is 6.33. The van der Waals surface area contributed by atoms with Crippen molar-refractivity contribution >= 4 is 15.7 Å². The zero-order valence-electron chi connectivity index (χ0n) is 13.3. The number of likely N-dealkylation sites (N-methyl/N-ethyl adjacent to an activating group) is 2. The van der Waals surface area contributed by atoms with Gasteiger partial charge in [0.05, 0.1) is 5.69 Å². The number of rotatable bonds is 4. The van der Waals surface area contributed by atoms with E-state index in [0.717, 1.165) is 30.5 Å². The summed E-state index contributed by atoms with van der Waals surface area (Å²) in [5.41, 5.74) is 8.20. The maximum Gasteiger partial charge on any atom is 0.244 e. The van der Waals surface area contributed by atoms with Gasteiger partial charge in [-0.2, -0.15) is 4.31 Å². The molecule has 5 nitrogen and oxygen atoms in total. The number of benzene rings is 1. The highest BCUT2D eigenvalue weighted by molar-refractivity contribution is 7.89. The van der Waals surface area contributed by atoms with Crippen LogP contribution in [-0.2, 0) is 10.0 Å². The number of nitrogens with zero attached hydrogens (tertiary/aromatic N) is 2. The number of sulfonamides is 1. The summed E-state index contributed by atoms with van der Waals surface area (Å²) < 4.78 is 26.9. The Balaban J connectivity index is 2.27. The van der Waals surface area contributed by atoms with Crippen LogP contribution in [0.2, 0.25) is 0 Å². The fourth-order valence-electron chi connectivity index (χ4n) is 2.81. The lowest BCUT2D eigenvalue weighted by Crippen LogP contribution is -2.39. The lowest BCUT2D eigenvalue weighted by molar-refractivity contribution is 0.271. The highest BCUT2D eigenvalue weighted by Crippen LogP contribution is 2.26. The Bertz CT molecular complexity index is 628. The van der Waals surface area contributed by atoms with Crippen molar-refractivity contribution in [3.05, 3.63) is 23.3 Å². The first-order valence-corrected chi connectivity index (χ1v) is 8.71. The first-order chi connectivity index (χ1) is 9.73. The highest BCUT2D eigenvalue weighted by atomic mass is 32.2. The molecule has 1 fully saturated rings. The van der Waals surface area contributed by atoms with Gasteiger partial charge in [0, 0.05) is 19.6 Å². The molecule has 2 N–H and O–H groups in total. The lowest BCUT2D eigenvalue weighted by Gasteiger charge is -2.26. The minimum Gasteiger partial charge on any atom is -0.398 e. The molecule has 0 amide bonds. The van der Waals surface area contributed by atoms with E-state index in [4.69, 9.17) is 5.73 Å². The minimum atomic E-state index is -3.54. The van der Waals surface area contributed by atoms with Crippen molar-refractivity contribution in [2.45, 2.75) is 37.6 Å². The standard InChI is InChI=1S/C15H25N3O2S/c1-11-8-14(16)15(9-12(11)2)21(19,20)18(4)10-13-6-5-7-17(13)3/h8-9,13H,5-7,10,16H2,1-4H3. The van der Waals surface area contributed by atoms with Gasteiger partial charge in [0.2, 0.25) is 10.0 Å². The SMILES string of the molecule is Cc1cc(N)c(S(=O)(=O)N(C)CC2CCCN2C)cc1C. The van der Waals surface area contributed by atoms with Crippen molar-refractivity contribution in [3.63, 3.8) is 0 Å². The van der Waals surface area contributed by atoms with E-state index in [-0.39, 0.29) is 10.9 Å². The Labute approximate surface area is 127 Å². The van der Waals surface area contributed by atoms with E-state index in [1.807, 2.05) is 20.9 Å². The molecule has 0 radical (unpaired) electrons. The van der Waals surface area contributed by atoms with Gasteiger partial charge >= 0.3 is 0 Å². The van der Waals surface area contributed by atoms with Gasteiger partial charge in [0.25, 0.3) is 0 Å². The maximum absolute atomic E-state index is 12.7. The average Bonchev–Trinajstić information content (AvgIpc) is 2.79. The summed E-state index contributed by atoms with van der Waals surface area (Å²) in [6, 6.07) is 3.70. The van der Waals surface area contributed by atoms with Crippen molar-refractivity contribution < 1.29 is 8.42 Å². The number of aryl methyl sites for hydroxylation is 2. The highest BCUT2D eigenvalue weighted by Gasteiger charge is 2.29. The fraction of sp³-hybridized carbons (Fsp3) is 0.600. The Hall–Kier alpha value is -1.11. The van der Waals surface area contributed by atoms with Gasteiger partial charge in [0.15, 0.2) is 0 Å². The quantitative estimate of drug-likeness (QED) is 0.858. The fourth-order valence-corrected chi connectivity index (χ4v) is 4.19. The van der Waals surface area contributed by atoms with E-state index in [1.165, 1.54) is 4.31 Å². The molecule has 6 heteroatoms. The molecule has 1 aliphatic rings. The van der Waals surface area contributed by atoms with Crippen molar-refractivity contribution in [2.75, 3.05) is 32.9 Å². The van der Waals surface area contributed by atoms with E-state index < -0.39 is 10.0 Å². The molecular weight excluding hydrogens is 286 g/mol. The molecule has 1 atom stereocenters. The van der Waals surface area contributed by atoms with Crippen LogP contribution in [-0.4, -0.2) is 50.8 Å². The van der Waals surface area contributed by atoms with Crippen LogP contribution in [0.3, 0.4) is 0 Å². The summed E-state index contributed by atoms with van der Waals surface area (Å²) in [6.07, 6.45) is 2.17. The summed E-state index contributed by atoms with van der Waals surface area (Å²) >= 11 is 0. The Morgan fingerprint density at radius 3 is 2.52 bits per heavy atom. The minimum absolute atomic E-state index is 0.216. The van der Waals surface area contributed by atoms with Crippen LogP contribution < -0.4 is 5.73 Å². The Morgan fingerprint density at radius 2 is 1.95 bits per heavy atom. The van der Waals surface area contributed by atoms with Crippen molar-refractivity contribution in [1.29, 1.82) is 0 Å². The van der Waals surface area contributed by atoms with Gasteiger partial charge in [-0.15, -0.1) is 0 Å². The van der Waals surface area contributed by atoms with Crippen LogP contribution in [0.25, 0.3) is 0 Å². The molecular formula is C15H25N3O2S. The molecule has 0 aliphatic carbocycles. The van der Waals surface area contributed by atoms with E-state index >= 15 is 0 Å². The third-order valence-electron chi connectivity index (χ3n) is 4.45. The zero-order chi connectivity index (χ0) is 15.8. The molecule has 1 saturated heterocycles. The van der Waals surface area contributed by atoms with Crippen LogP contribution in [0.4, 0.5) is 5.69 Å². The van der Waals surface area contributed by atoms with Crippen LogP contribution in [0.5, 0.6) is 0 Å². The molecule has 1 aromatic carbocycles. The van der Waals surface area contributed by atoms with Crippen molar-refractivity contribution in [2.24, 2.45) is 0 Å². The van der Waals surface area contributed by atoms with E-state index in [2.05, 4.69) is 4.90 Å². The number of anilines is 1. The van der Waals surface area contributed by atoms with Crippen LogP contribution in [0, 0.1) is 13.8 Å². The van der Waals surface area contributed by atoms with Crippen molar-refractivity contribution in [1.82, 2.24) is 9.21 Å². The summed E-state index contributed by atoms with van der Waals surface area (Å²) in [5, 5.41) is 0. The molecule has 1 heterocycles. The summed E-state index contributed by atoms with van der Waals surface area (Å²) in [5.74, 6) is 0. The molecule has 1 aliphatic heterocycles. The smallest absolute Gasteiger partial charge is 0.244 e. The number of nitrogen functional groups attached to an aromatic ring is 1. The molecule has 1 unspecified atom stereocenters. The number of hydrogen-bond donors (Lipinski definition) is 1. The second kappa shape index (κ2) is 5.94. The van der Waals surface area contributed by atoms with Crippen LogP contribution in [0.15, 0.2) is 17.0 Å². The van der Waals surface area contributed by atoms with E-state index in [1.54, 1.807) is 19.2 Å². The Kier molecular flexibility index (Phi) is 4.60. The van der Waals surface area contributed by atoms with Crippen molar-refractivity contribution in [3.8, 4) is 0 Å². The first-order valence-electron chi connectivity index (χ1n) is 7.26. The maximum atomic E-state index is 12.7. The second-order valence-electron chi connectivity index (χ2n) is 6.04. The monoisotopic (exact) mass is 311 g/mol. The molecule has 2 rings (SSSR count). The number of hydrogen-bond acceptors (Lipinski definition) is 4. The van der Waals surface area contributed by atoms with Crippen LogP contribution >= 0.6 is 0 Å². The summed E-state index contributed by atoms with van der Waals surface area (Å²) in [6.45, 7) is 5.37. The van der Waals surface area contributed by atoms with Gasteiger partial charge in [-0.25, -0.2) is 8.42 Å². The topological polar surface area (TPSA) is 66.6 Å². The Morgan fingerprint density at radius 1 is 1.33 bits per heavy atom.